The van der Waals surface area contributed by atoms with Crippen molar-refractivity contribution < 1.29 is 4.79 Å². The molecule has 1 atom stereocenters. The zero-order chi connectivity index (χ0) is 18.6. The van der Waals surface area contributed by atoms with Crippen LogP contribution >= 0.6 is 11.3 Å². The summed E-state index contributed by atoms with van der Waals surface area (Å²) in [7, 11) is 0. The molecule has 3 heterocycles. The number of aromatic nitrogens is 2. The molecule has 1 aliphatic rings. The second-order valence-electron chi connectivity index (χ2n) is 6.79. The Morgan fingerprint density at radius 1 is 1.22 bits per heavy atom. The van der Waals surface area contributed by atoms with Gasteiger partial charge in [-0.25, -0.2) is 4.98 Å². The SMILES string of the molecule is Cc1nc(-c2ccccn2)sc1C(=O)NCC1CCN(c2ccccc2)C1. The molecule has 3 aromatic rings. The number of nitrogens with zero attached hydrogens (tertiary/aromatic N) is 3. The van der Waals surface area contributed by atoms with Gasteiger partial charge < -0.3 is 10.2 Å². The van der Waals surface area contributed by atoms with Crippen molar-refractivity contribution in [2.45, 2.75) is 13.3 Å². The normalized spacial score (nSPS) is 16.5. The maximum atomic E-state index is 12.6. The third-order valence-electron chi connectivity index (χ3n) is 4.85. The Morgan fingerprint density at radius 3 is 2.81 bits per heavy atom. The molecule has 4 rings (SSSR count). The molecular weight excluding hydrogens is 356 g/mol. The molecule has 6 heteroatoms. The fourth-order valence-corrected chi connectivity index (χ4v) is 4.36. The molecule has 27 heavy (non-hydrogen) atoms. The molecule has 1 saturated heterocycles. The maximum absolute atomic E-state index is 12.6. The molecule has 0 spiro atoms. The van der Waals surface area contributed by atoms with Crippen LogP contribution in [0.2, 0.25) is 0 Å². The zero-order valence-electron chi connectivity index (χ0n) is 15.3. The Balaban J connectivity index is 1.36. The van der Waals surface area contributed by atoms with Crippen LogP contribution in [-0.4, -0.2) is 35.5 Å². The molecule has 0 aliphatic carbocycles. The first-order valence-electron chi connectivity index (χ1n) is 9.18. The minimum atomic E-state index is -0.0367. The lowest BCUT2D eigenvalue weighted by Gasteiger charge is -2.18. The van der Waals surface area contributed by atoms with Crippen molar-refractivity contribution in [1.82, 2.24) is 15.3 Å². The summed E-state index contributed by atoms with van der Waals surface area (Å²) in [6.45, 7) is 4.59. The van der Waals surface area contributed by atoms with Crippen molar-refractivity contribution >= 4 is 22.9 Å². The molecule has 5 nitrogen and oxygen atoms in total. The third kappa shape index (κ3) is 4.01. The highest BCUT2D eigenvalue weighted by atomic mass is 32.1. The Kier molecular flexibility index (Phi) is 5.16. The predicted octanol–water partition coefficient (Wildman–Crippen LogP) is 3.77. The van der Waals surface area contributed by atoms with Crippen LogP contribution in [0.3, 0.4) is 0 Å². The topological polar surface area (TPSA) is 58.1 Å². The molecule has 1 aliphatic heterocycles. The van der Waals surface area contributed by atoms with E-state index in [0.717, 1.165) is 35.9 Å². The second-order valence-corrected chi connectivity index (χ2v) is 7.79. The van der Waals surface area contributed by atoms with Crippen molar-refractivity contribution in [2.24, 2.45) is 5.92 Å². The van der Waals surface area contributed by atoms with Gasteiger partial charge in [0.2, 0.25) is 0 Å². The smallest absolute Gasteiger partial charge is 0.263 e. The van der Waals surface area contributed by atoms with Gasteiger partial charge in [-0.05, 0) is 43.5 Å². The van der Waals surface area contributed by atoms with Gasteiger partial charge in [0.1, 0.15) is 9.88 Å². The van der Waals surface area contributed by atoms with E-state index in [9.17, 15) is 4.79 Å². The van der Waals surface area contributed by atoms with Crippen LogP contribution in [-0.2, 0) is 0 Å². The van der Waals surface area contributed by atoms with Gasteiger partial charge in [0.15, 0.2) is 0 Å². The zero-order valence-corrected chi connectivity index (χ0v) is 16.1. The molecule has 138 valence electrons. The summed E-state index contributed by atoms with van der Waals surface area (Å²) in [6, 6.07) is 16.2. The van der Waals surface area contributed by atoms with Crippen LogP contribution in [0, 0.1) is 12.8 Å². The molecule has 0 radical (unpaired) electrons. The van der Waals surface area contributed by atoms with Gasteiger partial charge in [-0.2, -0.15) is 0 Å². The Morgan fingerprint density at radius 2 is 2.04 bits per heavy atom. The minimum absolute atomic E-state index is 0.0367. The van der Waals surface area contributed by atoms with E-state index in [1.54, 1.807) is 6.20 Å². The average molecular weight is 379 g/mol. The summed E-state index contributed by atoms with van der Waals surface area (Å²) in [4.78, 5) is 24.5. The fraction of sp³-hybridized carbons (Fsp3) is 0.286. The lowest BCUT2D eigenvalue weighted by molar-refractivity contribution is 0.0951. The van der Waals surface area contributed by atoms with Crippen molar-refractivity contribution in [3.8, 4) is 10.7 Å². The molecule has 0 saturated carbocycles. The van der Waals surface area contributed by atoms with E-state index in [1.807, 2.05) is 31.2 Å². The molecule has 0 bridgehead atoms. The van der Waals surface area contributed by atoms with E-state index in [-0.39, 0.29) is 5.91 Å². The van der Waals surface area contributed by atoms with Gasteiger partial charge >= 0.3 is 0 Å². The van der Waals surface area contributed by atoms with Crippen LogP contribution in [0.5, 0.6) is 0 Å². The first kappa shape index (κ1) is 17.7. The summed E-state index contributed by atoms with van der Waals surface area (Å²) < 4.78 is 0. The van der Waals surface area contributed by atoms with Crippen molar-refractivity contribution in [2.75, 3.05) is 24.5 Å². The van der Waals surface area contributed by atoms with E-state index in [4.69, 9.17) is 0 Å². The lowest BCUT2D eigenvalue weighted by Crippen LogP contribution is -2.30. The number of nitrogens with one attached hydrogen (secondary N) is 1. The number of rotatable bonds is 5. The third-order valence-corrected chi connectivity index (χ3v) is 6.02. The molecular formula is C21H22N4OS. The van der Waals surface area contributed by atoms with E-state index in [2.05, 4.69) is 44.5 Å². The van der Waals surface area contributed by atoms with Crippen LogP contribution < -0.4 is 10.2 Å². The number of carbonyl (C=O) groups excluding carboxylic acids is 1. The molecule has 1 unspecified atom stereocenters. The summed E-state index contributed by atoms with van der Waals surface area (Å²) in [5.41, 5.74) is 2.82. The predicted molar refractivity (Wildman–Crippen MR) is 109 cm³/mol. The number of hydrogen-bond donors (Lipinski definition) is 1. The van der Waals surface area contributed by atoms with Crippen LogP contribution in [0.15, 0.2) is 54.7 Å². The average Bonchev–Trinajstić information content (AvgIpc) is 3.34. The Hall–Kier alpha value is -2.73. The number of carbonyl (C=O) groups is 1. The number of para-hydroxylation sites is 1. The number of thiazole rings is 1. The van der Waals surface area contributed by atoms with Gasteiger partial charge in [0.05, 0.1) is 11.4 Å². The van der Waals surface area contributed by atoms with Gasteiger partial charge in [0, 0.05) is 31.5 Å². The van der Waals surface area contributed by atoms with Crippen LogP contribution in [0.1, 0.15) is 21.8 Å². The summed E-state index contributed by atoms with van der Waals surface area (Å²) in [5, 5.41) is 3.89. The Bertz CT molecular complexity index is 910. The highest BCUT2D eigenvalue weighted by Crippen LogP contribution is 2.27. The number of benzene rings is 1. The largest absolute Gasteiger partial charge is 0.371 e. The standard InChI is InChI=1S/C21H22N4OS/c1-15-19(27-21(24-15)18-9-5-6-11-22-18)20(26)23-13-16-10-12-25(14-16)17-7-3-2-4-8-17/h2-9,11,16H,10,12-14H2,1H3,(H,23,26). The molecule has 2 aromatic heterocycles. The quantitative estimate of drug-likeness (QED) is 0.734. The van der Waals surface area contributed by atoms with E-state index in [1.165, 1.54) is 17.0 Å². The molecule has 1 fully saturated rings. The van der Waals surface area contributed by atoms with Crippen molar-refractivity contribution in [3.63, 3.8) is 0 Å². The van der Waals surface area contributed by atoms with Gasteiger partial charge in [0.25, 0.3) is 5.91 Å². The molecule has 1 aromatic carbocycles. The van der Waals surface area contributed by atoms with Gasteiger partial charge in [-0.1, -0.05) is 24.3 Å². The van der Waals surface area contributed by atoms with Gasteiger partial charge in [-0.15, -0.1) is 11.3 Å². The van der Waals surface area contributed by atoms with Crippen molar-refractivity contribution in [3.05, 3.63) is 65.3 Å². The number of amides is 1. The second kappa shape index (κ2) is 7.88. The first-order chi connectivity index (χ1) is 13.2. The monoisotopic (exact) mass is 378 g/mol. The summed E-state index contributed by atoms with van der Waals surface area (Å²) in [5.74, 6) is 0.433. The highest BCUT2D eigenvalue weighted by molar-refractivity contribution is 7.17. The van der Waals surface area contributed by atoms with Crippen molar-refractivity contribution in [1.29, 1.82) is 0 Å². The summed E-state index contributed by atoms with van der Waals surface area (Å²) in [6.07, 6.45) is 2.83. The summed E-state index contributed by atoms with van der Waals surface area (Å²) >= 11 is 1.40. The number of aryl methyl sites for hydroxylation is 1. The minimum Gasteiger partial charge on any atom is -0.371 e. The maximum Gasteiger partial charge on any atom is 0.263 e. The van der Waals surface area contributed by atoms with E-state index in [0.29, 0.717) is 17.3 Å². The lowest BCUT2D eigenvalue weighted by atomic mass is 10.1. The molecule has 1 amide bonds. The number of hydrogen-bond acceptors (Lipinski definition) is 5. The fourth-order valence-electron chi connectivity index (χ4n) is 3.40. The van der Waals surface area contributed by atoms with E-state index >= 15 is 0 Å². The highest BCUT2D eigenvalue weighted by Gasteiger charge is 2.24. The first-order valence-corrected chi connectivity index (χ1v) is 9.99. The Labute approximate surface area is 163 Å². The molecule has 1 N–H and O–H groups in total. The number of anilines is 1. The van der Waals surface area contributed by atoms with E-state index < -0.39 is 0 Å². The van der Waals surface area contributed by atoms with Crippen LogP contribution in [0.4, 0.5) is 5.69 Å². The number of pyridine rings is 1. The van der Waals surface area contributed by atoms with Gasteiger partial charge in [-0.3, -0.25) is 9.78 Å². The van der Waals surface area contributed by atoms with Crippen LogP contribution in [0.25, 0.3) is 10.7 Å².